The topological polar surface area (TPSA) is 56.3 Å². The second kappa shape index (κ2) is 4.21. The molecule has 1 saturated carbocycles. The van der Waals surface area contributed by atoms with Crippen LogP contribution in [0.5, 0.6) is 0 Å². The molecule has 7 heteroatoms. The maximum atomic E-state index is 5.67. The van der Waals surface area contributed by atoms with E-state index in [4.69, 9.17) is 9.47 Å². The van der Waals surface area contributed by atoms with Gasteiger partial charge in [-0.3, -0.25) is 0 Å². The standard InChI is InChI=1S/C9H12BrN3O2S/c10-7-12-13-8(16-7)11-6-1-2-9(5-6)14-3-4-15-9/h6H,1-5H2,(H,11,13). The minimum Gasteiger partial charge on any atom is -0.357 e. The summed E-state index contributed by atoms with van der Waals surface area (Å²) in [7, 11) is 0. The van der Waals surface area contributed by atoms with Crippen molar-refractivity contribution in [2.45, 2.75) is 31.1 Å². The Kier molecular flexibility index (Phi) is 2.87. The van der Waals surface area contributed by atoms with Crippen molar-refractivity contribution < 1.29 is 9.47 Å². The first-order valence-corrected chi connectivity index (χ1v) is 6.90. The van der Waals surface area contributed by atoms with Gasteiger partial charge in [0.1, 0.15) is 0 Å². The van der Waals surface area contributed by atoms with Crippen LogP contribution in [0.15, 0.2) is 3.92 Å². The van der Waals surface area contributed by atoms with Crippen LogP contribution < -0.4 is 5.32 Å². The molecule has 5 nitrogen and oxygen atoms in total. The first kappa shape index (κ1) is 10.9. The van der Waals surface area contributed by atoms with Crippen molar-refractivity contribution in [3.8, 4) is 0 Å². The van der Waals surface area contributed by atoms with Crippen LogP contribution in [0.4, 0.5) is 5.13 Å². The van der Waals surface area contributed by atoms with Crippen molar-refractivity contribution in [3.63, 3.8) is 0 Å². The highest BCUT2D eigenvalue weighted by Gasteiger charge is 2.44. The maximum Gasteiger partial charge on any atom is 0.206 e. The number of anilines is 1. The van der Waals surface area contributed by atoms with Gasteiger partial charge in [0.2, 0.25) is 5.13 Å². The number of nitrogens with one attached hydrogen (secondary N) is 1. The summed E-state index contributed by atoms with van der Waals surface area (Å²) in [4.78, 5) is 0. The van der Waals surface area contributed by atoms with E-state index < -0.39 is 0 Å². The average Bonchev–Trinajstić information content (AvgIpc) is 2.94. The molecule has 2 aliphatic rings. The van der Waals surface area contributed by atoms with Gasteiger partial charge in [-0.2, -0.15) is 0 Å². The summed E-state index contributed by atoms with van der Waals surface area (Å²) in [5.41, 5.74) is 0. The Hall–Kier alpha value is -0.240. The second-order valence-electron chi connectivity index (χ2n) is 4.05. The minimum absolute atomic E-state index is 0.320. The Morgan fingerprint density at radius 1 is 1.38 bits per heavy atom. The van der Waals surface area contributed by atoms with Crippen LogP contribution in [0.25, 0.3) is 0 Å². The molecule has 2 fully saturated rings. The van der Waals surface area contributed by atoms with Crippen LogP contribution in [0.3, 0.4) is 0 Å². The molecule has 3 rings (SSSR count). The molecule has 16 heavy (non-hydrogen) atoms. The molecule has 1 aromatic heterocycles. The third-order valence-electron chi connectivity index (χ3n) is 2.97. The molecule has 1 saturated heterocycles. The van der Waals surface area contributed by atoms with Gasteiger partial charge >= 0.3 is 0 Å². The highest BCUT2D eigenvalue weighted by molar-refractivity contribution is 9.11. The lowest BCUT2D eigenvalue weighted by molar-refractivity contribution is -0.150. The number of halogens is 1. The van der Waals surface area contributed by atoms with Crippen molar-refractivity contribution in [3.05, 3.63) is 3.92 Å². The number of hydrogen-bond donors (Lipinski definition) is 1. The normalized spacial score (nSPS) is 27.7. The molecule has 1 aliphatic carbocycles. The molecule has 1 aliphatic heterocycles. The summed E-state index contributed by atoms with van der Waals surface area (Å²) in [6.45, 7) is 1.44. The Balaban J connectivity index is 1.61. The monoisotopic (exact) mass is 305 g/mol. The molecular formula is C9H12BrN3O2S. The minimum atomic E-state index is -0.320. The van der Waals surface area contributed by atoms with Crippen molar-refractivity contribution in [2.75, 3.05) is 18.5 Å². The summed E-state index contributed by atoms with van der Waals surface area (Å²) in [5, 5.41) is 12.2. The van der Waals surface area contributed by atoms with E-state index in [9.17, 15) is 0 Å². The van der Waals surface area contributed by atoms with E-state index in [1.807, 2.05) is 0 Å². The molecule has 0 amide bonds. The lowest BCUT2D eigenvalue weighted by Gasteiger charge is -2.21. The zero-order valence-electron chi connectivity index (χ0n) is 8.61. The number of hydrogen-bond acceptors (Lipinski definition) is 6. The summed E-state index contributed by atoms with van der Waals surface area (Å²) >= 11 is 4.80. The lowest BCUT2D eigenvalue weighted by Crippen LogP contribution is -2.28. The zero-order chi connectivity index (χ0) is 11.0. The van der Waals surface area contributed by atoms with Crippen molar-refractivity contribution in [2.24, 2.45) is 0 Å². The van der Waals surface area contributed by atoms with E-state index in [1.54, 1.807) is 0 Å². The number of rotatable bonds is 2. The quantitative estimate of drug-likeness (QED) is 0.906. The number of ether oxygens (including phenoxy) is 2. The van der Waals surface area contributed by atoms with Gasteiger partial charge in [-0.1, -0.05) is 11.3 Å². The molecule has 0 radical (unpaired) electrons. The molecule has 1 spiro atoms. The van der Waals surface area contributed by atoms with E-state index in [-0.39, 0.29) is 5.79 Å². The van der Waals surface area contributed by atoms with Crippen LogP contribution in [0.2, 0.25) is 0 Å². The van der Waals surface area contributed by atoms with E-state index in [2.05, 4.69) is 31.4 Å². The third-order valence-corrected chi connectivity index (χ3v) is 4.26. The first-order valence-electron chi connectivity index (χ1n) is 5.29. The van der Waals surface area contributed by atoms with Gasteiger partial charge in [0.25, 0.3) is 0 Å². The van der Waals surface area contributed by atoms with Crippen molar-refractivity contribution >= 4 is 32.4 Å². The van der Waals surface area contributed by atoms with Crippen LogP contribution in [-0.2, 0) is 9.47 Å². The number of nitrogens with zero attached hydrogens (tertiary/aromatic N) is 2. The summed E-state index contributed by atoms with van der Waals surface area (Å²) < 4.78 is 12.1. The summed E-state index contributed by atoms with van der Waals surface area (Å²) in [6.07, 6.45) is 2.91. The Morgan fingerprint density at radius 2 is 2.19 bits per heavy atom. The van der Waals surface area contributed by atoms with Crippen LogP contribution in [0, 0.1) is 0 Å². The first-order chi connectivity index (χ1) is 7.76. The number of aromatic nitrogens is 2. The van der Waals surface area contributed by atoms with Gasteiger partial charge < -0.3 is 14.8 Å². The smallest absolute Gasteiger partial charge is 0.206 e. The lowest BCUT2D eigenvalue weighted by atomic mass is 10.2. The highest BCUT2D eigenvalue weighted by Crippen LogP contribution is 2.38. The Morgan fingerprint density at radius 3 is 2.88 bits per heavy atom. The van der Waals surface area contributed by atoms with Crippen LogP contribution >= 0.6 is 27.3 Å². The predicted octanol–water partition coefficient (Wildman–Crippen LogP) is 2.01. The molecule has 1 aromatic rings. The molecule has 1 atom stereocenters. The largest absolute Gasteiger partial charge is 0.357 e. The molecule has 0 bridgehead atoms. The molecular weight excluding hydrogens is 294 g/mol. The fraction of sp³-hybridized carbons (Fsp3) is 0.778. The van der Waals surface area contributed by atoms with Gasteiger partial charge in [-0.15, -0.1) is 10.2 Å². The molecule has 1 unspecified atom stereocenters. The second-order valence-corrected chi connectivity index (χ2v) is 6.31. The predicted molar refractivity (Wildman–Crippen MR) is 63.5 cm³/mol. The molecule has 1 N–H and O–H groups in total. The van der Waals surface area contributed by atoms with E-state index >= 15 is 0 Å². The molecule has 2 heterocycles. The van der Waals surface area contributed by atoms with E-state index in [1.165, 1.54) is 11.3 Å². The zero-order valence-corrected chi connectivity index (χ0v) is 11.0. The van der Waals surface area contributed by atoms with Crippen molar-refractivity contribution in [1.82, 2.24) is 10.2 Å². The van der Waals surface area contributed by atoms with Gasteiger partial charge in [-0.05, 0) is 22.4 Å². The van der Waals surface area contributed by atoms with Crippen LogP contribution in [0.1, 0.15) is 19.3 Å². The Bertz CT molecular complexity index is 381. The maximum absolute atomic E-state index is 5.67. The van der Waals surface area contributed by atoms with Crippen LogP contribution in [-0.4, -0.2) is 35.2 Å². The van der Waals surface area contributed by atoms with Gasteiger partial charge in [0.05, 0.1) is 13.2 Å². The Labute approximate surface area is 106 Å². The molecule has 0 aromatic carbocycles. The van der Waals surface area contributed by atoms with Crippen molar-refractivity contribution in [1.29, 1.82) is 0 Å². The SMILES string of the molecule is Brc1nnc(NC2CCC3(C2)OCCO3)s1. The summed E-state index contributed by atoms with van der Waals surface area (Å²) in [5.74, 6) is -0.320. The van der Waals surface area contributed by atoms with E-state index in [0.717, 1.165) is 41.5 Å². The fourth-order valence-corrected chi connectivity index (χ4v) is 3.38. The van der Waals surface area contributed by atoms with E-state index in [0.29, 0.717) is 6.04 Å². The highest BCUT2D eigenvalue weighted by atomic mass is 79.9. The van der Waals surface area contributed by atoms with Gasteiger partial charge in [-0.25, -0.2) is 0 Å². The third kappa shape index (κ3) is 2.09. The average molecular weight is 306 g/mol. The van der Waals surface area contributed by atoms with Gasteiger partial charge in [0, 0.05) is 18.9 Å². The fourth-order valence-electron chi connectivity index (χ4n) is 2.29. The summed E-state index contributed by atoms with van der Waals surface area (Å²) in [6, 6.07) is 0.373. The van der Waals surface area contributed by atoms with Gasteiger partial charge in [0.15, 0.2) is 9.70 Å². The molecule has 88 valence electrons.